The van der Waals surface area contributed by atoms with Crippen molar-refractivity contribution in [1.29, 1.82) is 0 Å². The maximum Gasteiger partial charge on any atom is 0.311 e. The number of fused-ring (bicyclic) bond motifs is 10. The van der Waals surface area contributed by atoms with Gasteiger partial charge in [-0.2, -0.15) is 0 Å². The standard InChI is InChI=1S/C47H70O14/c1-26-10-11-32-34(22-37(54-32)47(52)39(49)28(3)14-20-53-47)55-41(51)29(4)31-9-8-15-45(56-31)17-12-33(57-45)40(50)44(7)24-30(48)38(60-44)35-25-43(6)18-19-46(58-35,61-43)36-13-16-42(5,59-36)23-27(2)21-26/h10-11,21,27-29,31-40,49-50,52H,8-9,12-20,22-25H2,1-7H3/t27-,28+,29+,31-,32+,33-,34+,35+,36+,37?,38-,39-,40-,42+,43-,44+,45-,46-,47+/m0/s1. The Morgan fingerprint density at radius 3 is 2.34 bits per heavy atom. The van der Waals surface area contributed by atoms with Crippen molar-refractivity contribution in [2.75, 3.05) is 6.61 Å². The highest BCUT2D eigenvalue weighted by Gasteiger charge is 2.65. The maximum atomic E-state index is 14.1. The number of aliphatic hydroxyl groups excluding tert-OH is 2. The number of carbonyl (C=O) groups is 2. The number of hydrogen-bond acceptors (Lipinski definition) is 14. The number of ether oxygens (including phenoxy) is 9. The van der Waals surface area contributed by atoms with Crippen LogP contribution >= 0.6 is 0 Å². The van der Waals surface area contributed by atoms with Gasteiger partial charge < -0.3 is 58.0 Å². The summed E-state index contributed by atoms with van der Waals surface area (Å²) in [5, 5.41) is 34.8. The molecule has 9 aliphatic heterocycles. The van der Waals surface area contributed by atoms with E-state index in [1.165, 1.54) is 0 Å². The fourth-order valence-corrected chi connectivity index (χ4v) is 12.5. The van der Waals surface area contributed by atoms with Crippen LogP contribution in [0.25, 0.3) is 0 Å². The van der Waals surface area contributed by atoms with Crippen LogP contribution in [0.15, 0.2) is 23.8 Å². The highest BCUT2D eigenvalue weighted by Crippen LogP contribution is 2.55. The van der Waals surface area contributed by atoms with Crippen molar-refractivity contribution in [3.05, 3.63) is 23.8 Å². The second-order valence-corrected chi connectivity index (χ2v) is 21.3. The van der Waals surface area contributed by atoms with E-state index in [-0.39, 0.29) is 43.2 Å². The molecule has 0 aromatic heterocycles. The number of carbonyl (C=O) groups excluding carboxylic acids is 2. The molecular formula is C47H70O14. The highest BCUT2D eigenvalue weighted by molar-refractivity contribution is 5.86. The van der Waals surface area contributed by atoms with Crippen LogP contribution in [0.1, 0.15) is 138 Å². The molecule has 0 aromatic rings. The first kappa shape index (κ1) is 44.4. The first-order valence-electron chi connectivity index (χ1n) is 23.3. The van der Waals surface area contributed by atoms with Gasteiger partial charge in [-0.1, -0.05) is 37.6 Å². The van der Waals surface area contributed by atoms with Crippen LogP contribution in [0.5, 0.6) is 0 Å². The fraction of sp³-hybridized carbons (Fsp3) is 0.872. The molecular weight excluding hydrogens is 789 g/mol. The van der Waals surface area contributed by atoms with Crippen LogP contribution in [0.3, 0.4) is 0 Å². The molecule has 9 heterocycles. The molecule has 0 aliphatic carbocycles. The highest BCUT2D eigenvalue weighted by atomic mass is 16.8. The van der Waals surface area contributed by atoms with E-state index in [0.29, 0.717) is 44.9 Å². The van der Waals surface area contributed by atoms with Gasteiger partial charge in [0.1, 0.15) is 48.3 Å². The van der Waals surface area contributed by atoms with Crippen molar-refractivity contribution in [2.24, 2.45) is 17.8 Å². The minimum atomic E-state index is -1.95. The lowest BCUT2D eigenvalue weighted by molar-refractivity contribution is -0.359. The molecule has 14 nitrogen and oxygen atoms in total. The van der Waals surface area contributed by atoms with Gasteiger partial charge in [0.15, 0.2) is 17.4 Å². The number of aliphatic hydroxyl groups is 3. The summed E-state index contributed by atoms with van der Waals surface area (Å²) >= 11 is 0. The molecule has 1 unspecified atom stereocenters. The molecule has 9 aliphatic rings. The summed E-state index contributed by atoms with van der Waals surface area (Å²) in [5.41, 5.74) is -1.17. The minimum Gasteiger partial charge on any atom is -0.459 e. The molecule has 0 amide bonds. The normalized spacial score (nSPS) is 54.3. The average Bonchev–Trinajstić information content (AvgIpc) is 4.02. The summed E-state index contributed by atoms with van der Waals surface area (Å²) in [7, 11) is 0. The van der Waals surface area contributed by atoms with Gasteiger partial charge in [0, 0.05) is 38.5 Å². The Kier molecular flexibility index (Phi) is 11.6. The van der Waals surface area contributed by atoms with Gasteiger partial charge in [0.2, 0.25) is 5.79 Å². The molecule has 19 atom stereocenters. The Bertz CT molecular complexity index is 1750. The van der Waals surface area contributed by atoms with E-state index in [9.17, 15) is 24.9 Å². The van der Waals surface area contributed by atoms with Gasteiger partial charge in [0.05, 0.1) is 42.0 Å². The zero-order chi connectivity index (χ0) is 43.3. The van der Waals surface area contributed by atoms with Crippen LogP contribution in [-0.4, -0.2) is 129 Å². The fourth-order valence-electron chi connectivity index (χ4n) is 12.5. The summed E-state index contributed by atoms with van der Waals surface area (Å²) < 4.78 is 59.0. The monoisotopic (exact) mass is 858 g/mol. The first-order chi connectivity index (χ1) is 28.7. The molecule has 0 saturated carbocycles. The summed E-state index contributed by atoms with van der Waals surface area (Å²) in [5.74, 6) is -5.28. The van der Waals surface area contributed by atoms with E-state index in [1.54, 1.807) is 13.8 Å². The van der Waals surface area contributed by atoms with E-state index in [1.807, 2.05) is 26.0 Å². The van der Waals surface area contributed by atoms with Crippen LogP contribution in [0.2, 0.25) is 0 Å². The Hall–Kier alpha value is -1.82. The summed E-state index contributed by atoms with van der Waals surface area (Å²) in [4.78, 5) is 28.0. The van der Waals surface area contributed by atoms with Gasteiger partial charge in [0.25, 0.3) is 0 Å². The van der Waals surface area contributed by atoms with Crippen molar-refractivity contribution >= 4 is 11.8 Å². The van der Waals surface area contributed by atoms with E-state index in [2.05, 4.69) is 26.8 Å². The van der Waals surface area contributed by atoms with Crippen molar-refractivity contribution in [2.45, 2.75) is 234 Å². The van der Waals surface area contributed by atoms with Crippen molar-refractivity contribution in [1.82, 2.24) is 0 Å². The van der Waals surface area contributed by atoms with E-state index in [4.69, 9.17) is 42.6 Å². The molecule has 0 aromatic carbocycles. The second kappa shape index (κ2) is 16.0. The molecule has 3 N–H and O–H groups in total. The topological polar surface area (TPSA) is 178 Å². The van der Waals surface area contributed by atoms with Gasteiger partial charge in [-0.25, -0.2) is 0 Å². The third-order valence-corrected chi connectivity index (χ3v) is 15.9. The molecule has 342 valence electrons. The number of Topliss-reactive ketones (excluding diaryl/α,β-unsaturated/α-hetero) is 1. The van der Waals surface area contributed by atoms with Gasteiger partial charge >= 0.3 is 5.97 Å². The Balaban J connectivity index is 1.00. The van der Waals surface area contributed by atoms with Crippen molar-refractivity contribution in [3.63, 3.8) is 0 Å². The molecule has 2 spiro atoms. The van der Waals surface area contributed by atoms with Crippen LogP contribution < -0.4 is 0 Å². The third-order valence-electron chi connectivity index (χ3n) is 15.9. The molecule has 14 heteroatoms. The Morgan fingerprint density at radius 1 is 0.754 bits per heavy atom. The smallest absolute Gasteiger partial charge is 0.311 e. The lowest BCUT2D eigenvalue weighted by atomic mass is 9.87. The zero-order valence-corrected chi connectivity index (χ0v) is 37.2. The van der Waals surface area contributed by atoms with Gasteiger partial charge in [-0.05, 0) is 97.8 Å². The van der Waals surface area contributed by atoms with Crippen LogP contribution in [-0.2, 0) is 52.2 Å². The minimum absolute atomic E-state index is 0.0222. The number of hydrogen-bond donors (Lipinski definition) is 3. The van der Waals surface area contributed by atoms with Gasteiger partial charge in [-0.3, -0.25) is 9.59 Å². The van der Waals surface area contributed by atoms with E-state index in [0.717, 1.165) is 37.7 Å². The molecule has 9 rings (SSSR count). The van der Waals surface area contributed by atoms with E-state index >= 15 is 0 Å². The lowest BCUT2D eigenvalue weighted by Gasteiger charge is -2.47. The predicted molar refractivity (Wildman–Crippen MR) is 218 cm³/mol. The zero-order valence-electron chi connectivity index (χ0n) is 37.2. The quantitative estimate of drug-likeness (QED) is 0.291. The number of ketones is 1. The summed E-state index contributed by atoms with van der Waals surface area (Å²) in [6.45, 7) is 14.1. The molecule has 61 heavy (non-hydrogen) atoms. The predicted octanol–water partition coefficient (Wildman–Crippen LogP) is 5.25. The molecule has 0 radical (unpaired) electrons. The molecule has 8 saturated heterocycles. The second-order valence-electron chi connectivity index (χ2n) is 21.3. The summed E-state index contributed by atoms with van der Waals surface area (Å²) in [6.07, 6.45) is 6.36. The van der Waals surface area contributed by atoms with E-state index < -0.39 is 101 Å². The van der Waals surface area contributed by atoms with Crippen molar-refractivity contribution in [3.8, 4) is 0 Å². The summed E-state index contributed by atoms with van der Waals surface area (Å²) in [6, 6.07) is 0. The number of allylic oxidation sites excluding steroid dienone is 3. The number of esters is 1. The van der Waals surface area contributed by atoms with Crippen LogP contribution in [0.4, 0.5) is 0 Å². The number of rotatable bonds is 1. The lowest BCUT2D eigenvalue weighted by Crippen LogP contribution is -2.59. The SMILES string of the molecule is CC1=C[C@H](C)C[C@@]2(C)CC[C@@H](O2)[C@@]23CC[C@@](C)(C[C@@H](O2)[C@H]2O[C@](C)(CC2=O)[C@@H](O)[C@@H]2CC[C@]4(CCC[C@H](O4)[C@@H](C)C(=O)O[C@@H]4CC([C@@]5(O)OCC[C@@H](C)[C@@H]5O)O[C@@H]4C=C1)O2)O3. The average molecular weight is 859 g/mol. The molecule has 8 fully saturated rings. The Labute approximate surface area is 360 Å². The maximum absolute atomic E-state index is 14.1. The largest absolute Gasteiger partial charge is 0.459 e. The van der Waals surface area contributed by atoms with Crippen molar-refractivity contribution < 1.29 is 67.5 Å². The van der Waals surface area contributed by atoms with Crippen LogP contribution in [0, 0.1) is 17.8 Å². The molecule has 10 bridgehead atoms. The Morgan fingerprint density at radius 2 is 1.54 bits per heavy atom. The first-order valence-corrected chi connectivity index (χ1v) is 23.3. The third kappa shape index (κ3) is 8.14. The van der Waals surface area contributed by atoms with Gasteiger partial charge in [-0.15, -0.1) is 0 Å².